The van der Waals surface area contributed by atoms with Crippen molar-refractivity contribution in [3.8, 4) is 0 Å². The first-order valence-electron chi connectivity index (χ1n) is 7.40. The number of carboxylic acids is 1. The SMILES string of the molecule is NC1CCCCC1C(=O)NC(CC(=O)O)c1ccccc1. The molecule has 1 fully saturated rings. The number of nitrogens with one attached hydrogen (secondary N) is 1. The molecule has 5 nitrogen and oxygen atoms in total. The number of hydrogen-bond acceptors (Lipinski definition) is 3. The molecule has 0 radical (unpaired) electrons. The number of carbonyl (C=O) groups excluding carboxylic acids is 1. The largest absolute Gasteiger partial charge is 0.481 e. The molecule has 0 spiro atoms. The van der Waals surface area contributed by atoms with E-state index in [0.717, 1.165) is 31.2 Å². The molecule has 1 aliphatic carbocycles. The summed E-state index contributed by atoms with van der Waals surface area (Å²) in [5.74, 6) is -1.27. The van der Waals surface area contributed by atoms with Gasteiger partial charge < -0.3 is 16.2 Å². The van der Waals surface area contributed by atoms with Crippen molar-refractivity contribution in [2.75, 3.05) is 0 Å². The molecule has 1 saturated carbocycles. The van der Waals surface area contributed by atoms with Crippen LogP contribution in [0.3, 0.4) is 0 Å². The molecule has 1 aromatic rings. The molecule has 1 amide bonds. The third kappa shape index (κ3) is 4.29. The topological polar surface area (TPSA) is 92.4 Å². The Bertz CT molecular complexity index is 490. The number of amides is 1. The van der Waals surface area contributed by atoms with E-state index in [4.69, 9.17) is 10.8 Å². The summed E-state index contributed by atoms with van der Waals surface area (Å²) < 4.78 is 0. The summed E-state index contributed by atoms with van der Waals surface area (Å²) in [6.45, 7) is 0. The van der Waals surface area contributed by atoms with Gasteiger partial charge in [-0.1, -0.05) is 43.2 Å². The van der Waals surface area contributed by atoms with Crippen molar-refractivity contribution in [3.63, 3.8) is 0 Å². The highest BCUT2D eigenvalue weighted by molar-refractivity contribution is 5.80. The van der Waals surface area contributed by atoms with E-state index >= 15 is 0 Å². The lowest BCUT2D eigenvalue weighted by Crippen LogP contribution is -2.45. The zero-order chi connectivity index (χ0) is 15.2. The minimum Gasteiger partial charge on any atom is -0.481 e. The number of carbonyl (C=O) groups is 2. The van der Waals surface area contributed by atoms with E-state index in [0.29, 0.717) is 0 Å². The maximum absolute atomic E-state index is 12.4. The third-order valence-electron chi connectivity index (χ3n) is 4.05. The Kier molecular flexibility index (Phi) is 5.33. The standard InChI is InChI=1S/C16H22N2O3/c17-13-9-5-4-8-12(13)16(21)18-14(10-15(19)20)11-6-2-1-3-7-11/h1-3,6-7,12-14H,4-5,8-10,17H2,(H,18,21)(H,19,20). The van der Waals surface area contributed by atoms with Crippen molar-refractivity contribution in [1.29, 1.82) is 0 Å². The molecular formula is C16H22N2O3. The van der Waals surface area contributed by atoms with E-state index in [1.807, 2.05) is 30.3 Å². The van der Waals surface area contributed by atoms with Crippen LogP contribution in [0, 0.1) is 5.92 Å². The fraction of sp³-hybridized carbons (Fsp3) is 0.500. The molecule has 5 heteroatoms. The minimum atomic E-state index is -0.933. The molecule has 0 saturated heterocycles. The van der Waals surface area contributed by atoms with Crippen molar-refractivity contribution in [2.45, 2.75) is 44.2 Å². The Morgan fingerprint density at radius 2 is 1.90 bits per heavy atom. The van der Waals surface area contributed by atoms with Crippen LogP contribution in [0.2, 0.25) is 0 Å². The zero-order valence-corrected chi connectivity index (χ0v) is 12.0. The van der Waals surface area contributed by atoms with Gasteiger partial charge in [0.15, 0.2) is 0 Å². The van der Waals surface area contributed by atoms with E-state index in [1.54, 1.807) is 0 Å². The monoisotopic (exact) mass is 290 g/mol. The van der Waals surface area contributed by atoms with Gasteiger partial charge in [-0.2, -0.15) is 0 Å². The van der Waals surface area contributed by atoms with Crippen molar-refractivity contribution in [1.82, 2.24) is 5.32 Å². The Morgan fingerprint density at radius 1 is 1.24 bits per heavy atom. The van der Waals surface area contributed by atoms with Gasteiger partial charge >= 0.3 is 5.97 Å². The third-order valence-corrected chi connectivity index (χ3v) is 4.05. The molecule has 0 bridgehead atoms. The van der Waals surface area contributed by atoms with Crippen LogP contribution in [0.1, 0.15) is 43.7 Å². The van der Waals surface area contributed by atoms with Crippen molar-refractivity contribution in [2.24, 2.45) is 11.7 Å². The van der Waals surface area contributed by atoms with Crippen LogP contribution in [-0.2, 0) is 9.59 Å². The Balaban J connectivity index is 2.07. The second kappa shape index (κ2) is 7.22. The van der Waals surface area contributed by atoms with E-state index in [2.05, 4.69) is 5.32 Å². The lowest BCUT2D eigenvalue weighted by molar-refractivity contribution is -0.138. The molecule has 0 heterocycles. The number of carboxylic acid groups (broad SMARTS) is 1. The van der Waals surface area contributed by atoms with Crippen LogP contribution in [0.15, 0.2) is 30.3 Å². The number of hydrogen-bond donors (Lipinski definition) is 3. The van der Waals surface area contributed by atoms with Gasteiger partial charge in [0.2, 0.25) is 5.91 Å². The van der Waals surface area contributed by atoms with Gasteiger partial charge in [0.1, 0.15) is 0 Å². The van der Waals surface area contributed by atoms with Gasteiger partial charge in [-0.05, 0) is 18.4 Å². The van der Waals surface area contributed by atoms with Crippen LogP contribution in [0.25, 0.3) is 0 Å². The Hall–Kier alpha value is -1.88. The van der Waals surface area contributed by atoms with Crippen LogP contribution < -0.4 is 11.1 Å². The lowest BCUT2D eigenvalue weighted by atomic mass is 9.84. The van der Waals surface area contributed by atoms with Gasteiger partial charge in [0.05, 0.1) is 18.4 Å². The average molecular weight is 290 g/mol. The second-order valence-electron chi connectivity index (χ2n) is 5.62. The quantitative estimate of drug-likeness (QED) is 0.771. The maximum Gasteiger partial charge on any atom is 0.305 e. The normalized spacial score (nSPS) is 23.3. The molecule has 4 N–H and O–H groups in total. The molecule has 21 heavy (non-hydrogen) atoms. The van der Waals surface area contributed by atoms with E-state index in [9.17, 15) is 9.59 Å². The molecule has 3 atom stereocenters. The van der Waals surface area contributed by atoms with Gasteiger partial charge in [-0.15, -0.1) is 0 Å². The number of aliphatic carboxylic acids is 1. The molecule has 114 valence electrons. The van der Waals surface area contributed by atoms with E-state index in [1.165, 1.54) is 0 Å². The van der Waals surface area contributed by atoms with Gasteiger partial charge in [-0.25, -0.2) is 0 Å². The predicted octanol–water partition coefficient (Wildman–Crippen LogP) is 1.84. The highest BCUT2D eigenvalue weighted by atomic mass is 16.4. The zero-order valence-electron chi connectivity index (χ0n) is 12.0. The predicted molar refractivity (Wildman–Crippen MR) is 79.5 cm³/mol. The lowest BCUT2D eigenvalue weighted by Gasteiger charge is -2.29. The summed E-state index contributed by atoms with van der Waals surface area (Å²) in [6.07, 6.45) is 3.56. The van der Waals surface area contributed by atoms with Gasteiger partial charge in [-0.3, -0.25) is 9.59 Å². The first kappa shape index (κ1) is 15.5. The summed E-state index contributed by atoms with van der Waals surface area (Å²) in [6, 6.07) is 8.56. The smallest absolute Gasteiger partial charge is 0.305 e. The van der Waals surface area contributed by atoms with Crippen molar-refractivity contribution >= 4 is 11.9 Å². The van der Waals surface area contributed by atoms with Gasteiger partial charge in [0.25, 0.3) is 0 Å². The number of rotatable bonds is 5. The van der Waals surface area contributed by atoms with Crippen LogP contribution in [0.5, 0.6) is 0 Å². The van der Waals surface area contributed by atoms with Crippen LogP contribution in [0.4, 0.5) is 0 Å². The summed E-state index contributed by atoms with van der Waals surface area (Å²) in [4.78, 5) is 23.4. The second-order valence-corrected chi connectivity index (χ2v) is 5.62. The Morgan fingerprint density at radius 3 is 2.52 bits per heavy atom. The van der Waals surface area contributed by atoms with Crippen LogP contribution >= 0.6 is 0 Å². The summed E-state index contributed by atoms with van der Waals surface area (Å²) in [7, 11) is 0. The molecule has 1 aromatic carbocycles. The van der Waals surface area contributed by atoms with E-state index in [-0.39, 0.29) is 24.3 Å². The first-order chi connectivity index (χ1) is 10.1. The van der Waals surface area contributed by atoms with Gasteiger partial charge in [0, 0.05) is 6.04 Å². The Labute approximate surface area is 124 Å². The molecule has 0 aliphatic heterocycles. The van der Waals surface area contributed by atoms with E-state index < -0.39 is 12.0 Å². The minimum absolute atomic E-state index is 0.125. The van der Waals surface area contributed by atoms with Crippen molar-refractivity contribution < 1.29 is 14.7 Å². The maximum atomic E-state index is 12.4. The molecular weight excluding hydrogens is 268 g/mol. The molecule has 2 rings (SSSR count). The number of benzene rings is 1. The summed E-state index contributed by atoms with van der Waals surface area (Å²) >= 11 is 0. The van der Waals surface area contributed by atoms with Crippen LogP contribution in [-0.4, -0.2) is 23.0 Å². The summed E-state index contributed by atoms with van der Waals surface area (Å²) in [5, 5.41) is 11.9. The summed E-state index contributed by atoms with van der Waals surface area (Å²) in [5.41, 5.74) is 6.82. The molecule has 1 aliphatic rings. The van der Waals surface area contributed by atoms with Crippen molar-refractivity contribution in [3.05, 3.63) is 35.9 Å². The fourth-order valence-corrected chi connectivity index (χ4v) is 2.88. The highest BCUT2D eigenvalue weighted by Crippen LogP contribution is 2.25. The average Bonchev–Trinajstić information content (AvgIpc) is 2.47. The molecule has 3 unspecified atom stereocenters. The fourth-order valence-electron chi connectivity index (χ4n) is 2.88. The highest BCUT2D eigenvalue weighted by Gasteiger charge is 2.30. The number of nitrogens with two attached hydrogens (primary N) is 1. The first-order valence-corrected chi connectivity index (χ1v) is 7.40. The molecule has 0 aromatic heterocycles.